The largest absolute Gasteiger partial charge is 0.368 e. The van der Waals surface area contributed by atoms with Crippen LogP contribution in [0.4, 0.5) is 5.69 Å². The number of nitrogens with zero attached hydrogens (tertiary/aromatic N) is 1. The maximum Gasteiger partial charge on any atom is 0.253 e. The number of benzene rings is 3. The van der Waals surface area contributed by atoms with E-state index in [2.05, 4.69) is 15.3 Å². The fraction of sp³-hybridized carbons (Fsp3) is 0.160. The van der Waals surface area contributed by atoms with Gasteiger partial charge in [-0.2, -0.15) is 0 Å². The molecule has 1 aliphatic heterocycles. The number of anilines is 1. The van der Waals surface area contributed by atoms with Crippen molar-refractivity contribution in [3.05, 3.63) is 83.9 Å². The molecule has 1 fully saturated rings. The first kappa shape index (κ1) is 19.2. The van der Waals surface area contributed by atoms with E-state index < -0.39 is 0 Å². The predicted molar refractivity (Wildman–Crippen MR) is 119 cm³/mol. The van der Waals surface area contributed by atoms with Crippen molar-refractivity contribution in [1.29, 1.82) is 0 Å². The predicted octanol–water partition coefficient (Wildman–Crippen LogP) is 4.58. The summed E-state index contributed by atoms with van der Waals surface area (Å²) >= 11 is 0. The van der Waals surface area contributed by atoms with Crippen LogP contribution in [0.2, 0.25) is 0 Å². The van der Waals surface area contributed by atoms with Gasteiger partial charge in [-0.15, -0.1) is 0 Å². The number of nitrogens with one attached hydrogen (secondary N) is 2. The smallest absolute Gasteiger partial charge is 0.253 e. The molecule has 0 bridgehead atoms. The Balaban J connectivity index is 1.40. The van der Waals surface area contributed by atoms with E-state index in [0.717, 1.165) is 29.4 Å². The third kappa shape index (κ3) is 3.98. The lowest BCUT2D eigenvalue weighted by Crippen LogP contribution is -2.26. The average molecular weight is 411 g/mol. The number of ether oxygens (including phenoxy) is 1. The zero-order chi connectivity index (χ0) is 21.2. The highest BCUT2D eigenvalue weighted by Gasteiger charge is 2.23. The van der Waals surface area contributed by atoms with Gasteiger partial charge in [0.2, 0.25) is 0 Å². The number of carbonyl (C=O) groups is 2. The first-order valence-electron chi connectivity index (χ1n) is 10.3. The molecule has 1 aliphatic rings. The summed E-state index contributed by atoms with van der Waals surface area (Å²) in [5, 5.41) is 2.92. The number of rotatable bonds is 5. The van der Waals surface area contributed by atoms with E-state index in [1.807, 2.05) is 54.6 Å². The van der Waals surface area contributed by atoms with E-state index >= 15 is 0 Å². The van der Waals surface area contributed by atoms with Crippen LogP contribution >= 0.6 is 0 Å². The summed E-state index contributed by atoms with van der Waals surface area (Å²) in [5.41, 5.74) is 4.34. The van der Waals surface area contributed by atoms with Crippen molar-refractivity contribution in [3.63, 3.8) is 0 Å². The van der Waals surface area contributed by atoms with Crippen LogP contribution in [0, 0.1) is 0 Å². The molecule has 1 amide bonds. The van der Waals surface area contributed by atoms with Gasteiger partial charge in [0.05, 0.1) is 11.0 Å². The topological polar surface area (TPSA) is 84.1 Å². The maximum absolute atomic E-state index is 12.7. The van der Waals surface area contributed by atoms with Crippen LogP contribution in [0.1, 0.15) is 28.8 Å². The van der Waals surface area contributed by atoms with E-state index in [-0.39, 0.29) is 17.8 Å². The number of fused-ring (bicyclic) bond motifs is 1. The van der Waals surface area contributed by atoms with Gasteiger partial charge in [-0.3, -0.25) is 9.59 Å². The van der Waals surface area contributed by atoms with Gasteiger partial charge in [-0.1, -0.05) is 42.5 Å². The van der Waals surface area contributed by atoms with Crippen molar-refractivity contribution in [1.82, 2.24) is 9.97 Å². The SMILES string of the molecule is O=C(c1ccccc1)c1ccc2nc(-c3cccc(NC(=O)[C@H]4CCCO4)c3)[nH]c2c1. The molecular weight excluding hydrogens is 390 g/mol. The number of ketones is 1. The lowest BCUT2D eigenvalue weighted by atomic mass is 10.0. The summed E-state index contributed by atoms with van der Waals surface area (Å²) in [6.07, 6.45) is 1.28. The fourth-order valence-electron chi connectivity index (χ4n) is 3.80. The van der Waals surface area contributed by atoms with Crippen molar-refractivity contribution >= 4 is 28.4 Å². The molecule has 4 aromatic rings. The van der Waals surface area contributed by atoms with Crippen molar-refractivity contribution in [2.45, 2.75) is 18.9 Å². The van der Waals surface area contributed by atoms with Crippen LogP contribution in [-0.2, 0) is 9.53 Å². The summed E-state index contributed by atoms with van der Waals surface area (Å²) in [6, 6.07) is 22.2. The maximum atomic E-state index is 12.7. The zero-order valence-corrected chi connectivity index (χ0v) is 16.8. The molecule has 0 saturated carbocycles. The number of H-pyrrole nitrogens is 1. The molecule has 1 saturated heterocycles. The monoisotopic (exact) mass is 411 g/mol. The molecule has 154 valence electrons. The third-order valence-electron chi connectivity index (χ3n) is 5.41. The van der Waals surface area contributed by atoms with Crippen LogP contribution in [0.15, 0.2) is 72.8 Å². The van der Waals surface area contributed by atoms with E-state index in [1.54, 1.807) is 18.2 Å². The number of aromatic nitrogens is 2. The molecule has 31 heavy (non-hydrogen) atoms. The Morgan fingerprint density at radius 3 is 2.65 bits per heavy atom. The normalized spacial score (nSPS) is 15.8. The number of hydrogen-bond donors (Lipinski definition) is 2. The van der Waals surface area contributed by atoms with Gasteiger partial charge in [0.15, 0.2) is 5.78 Å². The van der Waals surface area contributed by atoms with E-state index in [0.29, 0.717) is 29.2 Å². The summed E-state index contributed by atoms with van der Waals surface area (Å²) < 4.78 is 5.45. The van der Waals surface area contributed by atoms with Crippen LogP contribution in [0.25, 0.3) is 22.4 Å². The van der Waals surface area contributed by atoms with Gasteiger partial charge in [0.1, 0.15) is 11.9 Å². The van der Waals surface area contributed by atoms with Crippen molar-refractivity contribution in [2.75, 3.05) is 11.9 Å². The molecule has 2 heterocycles. The Kier molecular flexibility index (Phi) is 5.06. The van der Waals surface area contributed by atoms with Crippen LogP contribution in [0.5, 0.6) is 0 Å². The minimum atomic E-state index is -0.379. The van der Waals surface area contributed by atoms with Crippen LogP contribution < -0.4 is 5.32 Å². The number of hydrogen-bond acceptors (Lipinski definition) is 4. The minimum Gasteiger partial charge on any atom is -0.368 e. The standard InChI is InChI=1S/C25H21N3O3/c29-23(16-6-2-1-3-7-16)17-11-12-20-21(15-17)28-24(27-20)18-8-4-9-19(14-18)26-25(30)22-10-5-13-31-22/h1-4,6-9,11-12,14-15,22H,5,10,13H2,(H,26,30)(H,27,28)/t22-/m1/s1. The summed E-state index contributed by atoms with van der Waals surface area (Å²) in [4.78, 5) is 33.0. The third-order valence-corrected chi connectivity index (χ3v) is 5.41. The Bertz CT molecular complexity index is 1260. The van der Waals surface area contributed by atoms with Crippen LogP contribution in [-0.4, -0.2) is 34.4 Å². The minimum absolute atomic E-state index is 0.0301. The molecule has 6 nitrogen and oxygen atoms in total. The second kappa shape index (κ2) is 8.16. The number of aromatic amines is 1. The molecule has 6 heteroatoms. The van der Waals surface area contributed by atoms with Crippen molar-refractivity contribution in [3.8, 4) is 11.4 Å². The number of amides is 1. The quantitative estimate of drug-likeness (QED) is 0.471. The fourth-order valence-corrected chi connectivity index (χ4v) is 3.80. The summed E-state index contributed by atoms with van der Waals surface area (Å²) in [7, 11) is 0. The molecule has 5 rings (SSSR count). The molecule has 0 radical (unpaired) electrons. The second-order valence-electron chi connectivity index (χ2n) is 7.58. The molecule has 1 atom stereocenters. The molecular formula is C25H21N3O3. The highest BCUT2D eigenvalue weighted by molar-refractivity contribution is 6.10. The van der Waals surface area contributed by atoms with E-state index in [1.165, 1.54) is 0 Å². The Morgan fingerprint density at radius 2 is 1.84 bits per heavy atom. The highest BCUT2D eigenvalue weighted by Crippen LogP contribution is 2.25. The lowest BCUT2D eigenvalue weighted by molar-refractivity contribution is -0.124. The van der Waals surface area contributed by atoms with Crippen molar-refractivity contribution in [2.24, 2.45) is 0 Å². The molecule has 0 aliphatic carbocycles. The molecule has 3 aromatic carbocycles. The molecule has 0 unspecified atom stereocenters. The highest BCUT2D eigenvalue weighted by atomic mass is 16.5. The first-order valence-corrected chi connectivity index (χ1v) is 10.3. The van der Waals surface area contributed by atoms with Crippen molar-refractivity contribution < 1.29 is 14.3 Å². The van der Waals surface area contributed by atoms with Gasteiger partial charge < -0.3 is 15.0 Å². The van der Waals surface area contributed by atoms with Gasteiger partial charge in [0, 0.05) is 29.0 Å². The summed E-state index contributed by atoms with van der Waals surface area (Å²) in [6.45, 7) is 0.631. The number of imidazole rings is 1. The van der Waals surface area contributed by atoms with Gasteiger partial charge in [-0.25, -0.2) is 4.98 Å². The van der Waals surface area contributed by atoms with Gasteiger partial charge >= 0.3 is 0 Å². The van der Waals surface area contributed by atoms with E-state index in [4.69, 9.17) is 4.74 Å². The van der Waals surface area contributed by atoms with Gasteiger partial charge in [0.25, 0.3) is 5.91 Å². The van der Waals surface area contributed by atoms with Crippen LogP contribution in [0.3, 0.4) is 0 Å². The molecule has 1 aromatic heterocycles. The average Bonchev–Trinajstić information content (AvgIpc) is 3.49. The second-order valence-corrected chi connectivity index (χ2v) is 7.58. The molecule has 0 spiro atoms. The lowest BCUT2D eigenvalue weighted by Gasteiger charge is -2.11. The zero-order valence-electron chi connectivity index (χ0n) is 16.8. The number of carbonyl (C=O) groups excluding carboxylic acids is 2. The summed E-state index contributed by atoms with van der Waals surface area (Å²) in [5.74, 6) is 0.522. The Morgan fingerprint density at radius 1 is 0.968 bits per heavy atom. The van der Waals surface area contributed by atoms with E-state index in [9.17, 15) is 9.59 Å². The first-order chi connectivity index (χ1) is 15.2. The Hall–Kier alpha value is -3.77. The Labute approximate surface area is 179 Å². The van der Waals surface area contributed by atoms with Gasteiger partial charge in [-0.05, 0) is 43.2 Å². The molecule has 2 N–H and O–H groups in total.